The number of carbonyl (C=O) groups is 2. The molecule has 0 saturated heterocycles. The lowest BCUT2D eigenvalue weighted by atomic mass is 10.1. The summed E-state index contributed by atoms with van der Waals surface area (Å²) >= 11 is 1.29. The summed E-state index contributed by atoms with van der Waals surface area (Å²) in [4.78, 5) is 27.8. The molecule has 2 N–H and O–H groups in total. The minimum absolute atomic E-state index is 0.0707. The zero-order chi connectivity index (χ0) is 17.8. The highest BCUT2D eigenvalue weighted by Crippen LogP contribution is 2.31. The maximum absolute atomic E-state index is 13.5. The Morgan fingerprint density at radius 1 is 1.36 bits per heavy atom. The number of nitrogens with one attached hydrogen (secondary N) is 2. The first-order valence-electron chi connectivity index (χ1n) is 8.01. The monoisotopic (exact) mass is 359 g/mol. The van der Waals surface area contributed by atoms with Crippen LogP contribution in [0.4, 0.5) is 15.2 Å². The molecule has 25 heavy (non-hydrogen) atoms. The van der Waals surface area contributed by atoms with E-state index >= 15 is 0 Å². The maximum atomic E-state index is 13.5. The molecule has 1 aromatic heterocycles. The number of allylic oxidation sites excluding steroid dienone is 2. The van der Waals surface area contributed by atoms with E-state index in [0.717, 1.165) is 12.8 Å². The molecule has 2 aromatic rings. The predicted molar refractivity (Wildman–Crippen MR) is 96.9 cm³/mol. The number of hydrogen-bond acceptors (Lipinski definition) is 4. The van der Waals surface area contributed by atoms with Crippen LogP contribution in [0.15, 0.2) is 35.7 Å². The highest BCUT2D eigenvalue weighted by Gasteiger charge is 2.16. The number of aromatic nitrogens is 1. The number of benzene rings is 1. The Hall–Kier alpha value is -2.54. The molecule has 5 nitrogen and oxygen atoms in total. The fourth-order valence-electron chi connectivity index (χ4n) is 2.76. The smallest absolute Gasteiger partial charge is 0.226 e. The standard InChI is InChI=1S/C18H18FN3O2S/c1-11(23)20-15-9-13(19)6-7-14(15)16-10-25-18(21-16)22-17(24)8-12-4-2-3-5-12/h2,4,6-7,9-10,12H,3,5,8H2,1H3,(H,20,23)(H,21,22,24)/t12-/m0/s1. The van der Waals surface area contributed by atoms with Crippen LogP contribution in [0.5, 0.6) is 0 Å². The molecule has 1 atom stereocenters. The Kier molecular flexibility index (Phi) is 5.23. The van der Waals surface area contributed by atoms with Gasteiger partial charge in [0.2, 0.25) is 11.8 Å². The highest BCUT2D eigenvalue weighted by molar-refractivity contribution is 7.14. The molecule has 1 aliphatic rings. The summed E-state index contributed by atoms with van der Waals surface area (Å²) in [5, 5.41) is 7.66. The minimum atomic E-state index is -0.444. The molecule has 0 unspecified atom stereocenters. The average molecular weight is 359 g/mol. The highest BCUT2D eigenvalue weighted by atomic mass is 32.1. The molecule has 130 valence electrons. The summed E-state index contributed by atoms with van der Waals surface area (Å²) in [5.74, 6) is -0.511. The number of amides is 2. The van der Waals surface area contributed by atoms with Gasteiger partial charge in [-0.25, -0.2) is 9.37 Å². The Balaban J connectivity index is 1.73. The van der Waals surface area contributed by atoms with Gasteiger partial charge in [0.05, 0.1) is 11.4 Å². The summed E-state index contributed by atoms with van der Waals surface area (Å²) in [6, 6.07) is 4.12. The van der Waals surface area contributed by atoms with E-state index in [0.29, 0.717) is 34.4 Å². The van der Waals surface area contributed by atoms with Crippen molar-refractivity contribution in [2.75, 3.05) is 10.6 Å². The maximum Gasteiger partial charge on any atom is 0.226 e. The molecule has 1 aromatic carbocycles. The van der Waals surface area contributed by atoms with Crippen LogP contribution in [0.2, 0.25) is 0 Å². The molecule has 0 radical (unpaired) electrons. The van der Waals surface area contributed by atoms with E-state index in [9.17, 15) is 14.0 Å². The van der Waals surface area contributed by atoms with Crippen molar-refractivity contribution in [3.63, 3.8) is 0 Å². The van der Waals surface area contributed by atoms with E-state index in [2.05, 4.69) is 27.8 Å². The number of thiazole rings is 1. The van der Waals surface area contributed by atoms with Gasteiger partial charge in [-0.2, -0.15) is 0 Å². The average Bonchev–Trinajstić information content (AvgIpc) is 3.19. The summed E-state index contributed by atoms with van der Waals surface area (Å²) in [7, 11) is 0. The van der Waals surface area contributed by atoms with Crippen molar-refractivity contribution in [1.82, 2.24) is 4.98 Å². The fourth-order valence-corrected chi connectivity index (χ4v) is 3.49. The van der Waals surface area contributed by atoms with E-state index in [1.807, 2.05) is 0 Å². The first-order valence-corrected chi connectivity index (χ1v) is 8.89. The molecular weight excluding hydrogens is 341 g/mol. The molecule has 1 heterocycles. The first-order chi connectivity index (χ1) is 12.0. The van der Waals surface area contributed by atoms with Gasteiger partial charge < -0.3 is 10.6 Å². The van der Waals surface area contributed by atoms with Crippen molar-refractivity contribution in [3.8, 4) is 11.3 Å². The van der Waals surface area contributed by atoms with Crippen LogP contribution < -0.4 is 10.6 Å². The van der Waals surface area contributed by atoms with Crippen molar-refractivity contribution in [2.24, 2.45) is 5.92 Å². The van der Waals surface area contributed by atoms with E-state index in [4.69, 9.17) is 0 Å². The lowest BCUT2D eigenvalue weighted by molar-refractivity contribution is -0.117. The van der Waals surface area contributed by atoms with E-state index in [-0.39, 0.29) is 11.8 Å². The van der Waals surface area contributed by atoms with Gasteiger partial charge in [-0.05, 0) is 37.0 Å². The number of hydrogen-bond donors (Lipinski definition) is 2. The van der Waals surface area contributed by atoms with Gasteiger partial charge >= 0.3 is 0 Å². The molecule has 0 bridgehead atoms. The lowest BCUT2D eigenvalue weighted by Crippen LogP contribution is -2.14. The van der Waals surface area contributed by atoms with Gasteiger partial charge in [-0.15, -0.1) is 11.3 Å². The Morgan fingerprint density at radius 2 is 2.20 bits per heavy atom. The van der Waals surface area contributed by atoms with Crippen LogP contribution in [0.3, 0.4) is 0 Å². The Bertz CT molecular complexity index is 831. The second-order valence-corrected chi connectivity index (χ2v) is 6.78. The quantitative estimate of drug-likeness (QED) is 0.786. The summed E-state index contributed by atoms with van der Waals surface area (Å²) in [6.07, 6.45) is 6.64. The summed E-state index contributed by atoms with van der Waals surface area (Å²) in [5.41, 5.74) is 1.53. The molecule has 0 spiro atoms. The number of rotatable bonds is 5. The SMILES string of the molecule is CC(=O)Nc1cc(F)ccc1-c1csc(NC(=O)C[C@H]2C=CCC2)n1. The molecule has 0 fully saturated rings. The van der Waals surface area contributed by atoms with E-state index < -0.39 is 5.82 Å². The van der Waals surface area contributed by atoms with Crippen LogP contribution in [-0.2, 0) is 9.59 Å². The second-order valence-electron chi connectivity index (χ2n) is 5.93. The van der Waals surface area contributed by atoms with Crippen LogP contribution in [0.1, 0.15) is 26.2 Å². The zero-order valence-corrected chi connectivity index (χ0v) is 14.5. The molecule has 3 rings (SSSR count). The number of nitrogens with zero attached hydrogens (tertiary/aromatic N) is 1. The van der Waals surface area contributed by atoms with Crippen LogP contribution in [-0.4, -0.2) is 16.8 Å². The Morgan fingerprint density at radius 3 is 2.92 bits per heavy atom. The number of halogens is 1. The normalized spacial score (nSPS) is 16.0. The van der Waals surface area contributed by atoms with Crippen molar-refractivity contribution in [3.05, 3.63) is 41.5 Å². The largest absolute Gasteiger partial charge is 0.326 e. The van der Waals surface area contributed by atoms with Crippen molar-refractivity contribution in [1.29, 1.82) is 0 Å². The number of anilines is 2. The van der Waals surface area contributed by atoms with Gasteiger partial charge in [-0.3, -0.25) is 9.59 Å². The Labute approximate surface area is 149 Å². The molecule has 0 aliphatic heterocycles. The molecule has 1 aliphatic carbocycles. The summed E-state index contributed by atoms with van der Waals surface area (Å²) < 4.78 is 13.5. The second kappa shape index (κ2) is 7.57. The molecule has 0 saturated carbocycles. The topological polar surface area (TPSA) is 71.1 Å². The fraction of sp³-hybridized carbons (Fsp3) is 0.278. The molecular formula is C18H18FN3O2S. The van der Waals surface area contributed by atoms with E-state index in [1.54, 1.807) is 11.4 Å². The van der Waals surface area contributed by atoms with Gasteiger partial charge in [0.15, 0.2) is 5.13 Å². The third kappa shape index (κ3) is 4.51. The van der Waals surface area contributed by atoms with Gasteiger partial charge in [0, 0.05) is 24.3 Å². The zero-order valence-electron chi connectivity index (χ0n) is 13.7. The van der Waals surface area contributed by atoms with Crippen molar-refractivity contribution < 1.29 is 14.0 Å². The predicted octanol–water partition coefficient (Wildman–Crippen LogP) is 4.20. The van der Waals surface area contributed by atoms with Crippen molar-refractivity contribution >= 4 is 34.0 Å². The third-order valence-electron chi connectivity index (χ3n) is 3.88. The van der Waals surface area contributed by atoms with E-state index in [1.165, 1.54) is 30.4 Å². The first kappa shape index (κ1) is 17.3. The van der Waals surface area contributed by atoms with Crippen LogP contribution >= 0.6 is 11.3 Å². The molecule has 2 amide bonds. The van der Waals surface area contributed by atoms with Gasteiger partial charge in [-0.1, -0.05) is 12.2 Å². The minimum Gasteiger partial charge on any atom is -0.326 e. The summed E-state index contributed by atoms with van der Waals surface area (Å²) in [6.45, 7) is 1.36. The number of carbonyl (C=O) groups excluding carboxylic acids is 2. The van der Waals surface area contributed by atoms with Gasteiger partial charge in [0.25, 0.3) is 0 Å². The molecule has 7 heteroatoms. The third-order valence-corrected chi connectivity index (χ3v) is 4.64. The van der Waals surface area contributed by atoms with Gasteiger partial charge in [0.1, 0.15) is 5.82 Å². The van der Waals surface area contributed by atoms with Crippen molar-refractivity contribution in [2.45, 2.75) is 26.2 Å². The van der Waals surface area contributed by atoms with Crippen LogP contribution in [0, 0.1) is 11.7 Å². The lowest BCUT2D eigenvalue weighted by Gasteiger charge is -2.08. The van der Waals surface area contributed by atoms with Crippen LogP contribution in [0.25, 0.3) is 11.3 Å².